The number of halogens is 1. The molecule has 1 atom stereocenters. The Kier molecular flexibility index (Phi) is 7.40. The number of carbonyl (C=O) groups is 2. The highest BCUT2D eigenvalue weighted by Crippen LogP contribution is 2.37. The summed E-state index contributed by atoms with van der Waals surface area (Å²) in [5.41, 5.74) is 2.13. The van der Waals surface area contributed by atoms with Gasteiger partial charge < -0.3 is 19.7 Å². The van der Waals surface area contributed by atoms with Crippen LogP contribution in [0.15, 0.2) is 71.6 Å². The van der Waals surface area contributed by atoms with Gasteiger partial charge in [0.2, 0.25) is 10.0 Å². The number of sulfonamides is 1. The van der Waals surface area contributed by atoms with Gasteiger partial charge in [0.25, 0.3) is 11.8 Å². The van der Waals surface area contributed by atoms with Crippen LogP contribution in [0.25, 0.3) is 0 Å². The number of morpholine rings is 1. The molecule has 2 heterocycles. The van der Waals surface area contributed by atoms with Gasteiger partial charge in [-0.05, 0) is 67.1 Å². The van der Waals surface area contributed by atoms with E-state index in [1.165, 1.54) is 28.6 Å². The van der Waals surface area contributed by atoms with E-state index in [1.54, 1.807) is 42.2 Å². The fourth-order valence-electron chi connectivity index (χ4n) is 4.38. The number of carbonyl (C=O) groups excluding carboxylic acids is 2. The van der Waals surface area contributed by atoms with E-state index in [9.17, 15) is 18.0 Å². The van der Waals surface area contributed by atoms with Crippen molar-refractivity contribution < 1.29 is 27.5 Å². The lowest BCUT2D eigenvalue weighted by atomic mass is 10.1. The van der Waals surface area contributed by atoms with E-state index in [4.69, 9.17) is 21.1 Å². The van der Waals surface area contributed by atoms with Crippen LogP contribution in [-0.2, 0) is 26.1 Å². The second kappa shape index (κ2) is 10.7. The highest BCUT2D eigenvalue weighted by Gasteiger charge is 2.32. The molecule has 0 saturated carbocycles. The number of nitrogens with zero attached hydrogens (tertiary/aromatic N) is 2. The summed E-state index contributed by atoms with van der Waals surface area (Å²) in [4.78, 5) is 27.7. The number of ether oxygens (including phenoxy) is 2. The van der Waals surface area contributed by atoms with Gasteiger partial charge >= 0.3 is 0 Å². The molecule has 1 saturated heterocycles. The standard InChI is InChI=1S/C27H26ClN3O6S/c1-18-27(33)31(17-19-3-2-4-21(28)15-19)24-16-22(7-10-25(24)37-18)29-26(32)20-5-8-23(9-6-20)38(34,35)30-11-13-36-14-12-30/h2-10,15-16,18H,11-14,17H2,1H3,(H,29,32). The SMILES string of the molecule is CC1Oc2ccc(NC(=O)c3ccc(S(=O)(=O)N4CCOCC4)cc3)cc2N(Cc2cccc(Cl)c2)C1=O. The van der Waals surface area contributed by atoms with E-state index in [0.717, 1.165) is 5.56 Å². The molecular weight excluding hydrogens is 530 g/mol. The van der Waals surface area contributed by atoms with E-state index >= 15 is 0 Å². The van der Waals surface area contributed by atoms with Crippen LogP contribution in [0.2, 0.25) is 5.02 Å². The van der Waals surface area contributed by atoms with Crippen molar-refractivity contribution in [1.29, 1.82) is 0 Å². The number of amides is 2. The minimum absolute atomic E-state index is 0.117. The predicted octanol–water partition coefficient (Wildman–Crippen LogP) is 3.93. The van der Waals surface area contributed by atoms with Gasteiger partial charge in [-0.25, -0.2) is 8.42 Å². The first-order valence-electron chi connectivity index (χ1n) is 12.1. The Morgan fingerprint density at radius 3 is 2.50 bits per heavy atom. The van der Waals surface area contributed by atoms with Crippen molar-refractivity contribution in [2.24, 2.45) is 0 Å². The second-order valence-corrected chi connectivity index (χ2v) is 11.4. The van der Waals surface area contributed by atoms with E-state index in [2.05, 4.69) is 5.32 Å². The number of hydrogen-bond donors (Lipinski definition) is 1. The number of anilines is 2. The van der Waals surface area contributed by atoms with Crippen molar-refractivity contribution >= 4 is 44.8 Å². The molecule has 0 radical (unpaired) electrons. The highest BCUT2D eigenvalue weighted by molar-refractivity contribution is 7.89. The van der Waals surface area contributed by atoms with Gasteiger partial charge in [-0.15, -0.1) is 0 Å². The Hall–Kier alpha value is -3.44. The molecule has 11 heteroatoms. The molecule has 3 aromatic rings. The molecule has 1 N–H and O–H groups in total. The fourth-order valence-corrected chi connectivity index (χ4v) is 6.00. The Morgan fingerprint density at radius 2 is 1.79 bits per heavy atom. The monoisotopic (exact) mass is 555 g/mol. The third-order valence-electron chi connectivity index (χ3n) is 6.38. The van der Waals surface area contributed by atoms with Gasteiger partial charge in [0.05, 0.1) is 30.3 Å². The fraction of sp³-hybridized carbons (Fsp3) is 0.259. The summed E-state index contributed by atoms with van der Waals surface area (Å²) in [5.74, 6) is -0.106. The summed E-state index contributed by atoms with van der Waals surface area (Å²) in [5, 5.41) is 3.39. The normalized spacial score (nSPS) is 18.0. The van der Waals surface area contributed by atoms with Crippen LogP contribution in [0.3, 0.4) is 0 Å². The first-order valence-corrected chi connectivity index (χ1v) is 13.9. The summed E-state index contributed by atoms with van der Waals surface area (Å²) in [6.45, 7) is 3.27. The van der Waals surface area contributed by atoms with Gasteiger partial charge in [-0.2, -0.15) is 4.31 Å². The quantitative estimate of drug-likeness (QED) is 0.494. The predicted molar refractivity (Wildman–Crippen MR) is 143 cm³/mol. The molecule has 0 spiro atoms. The average Bonchev–Trinajstić information content (AvgIpc) is 2.92. The van der Waals surface area contributed by atoms with Crippen molar-refractivity contribution in [1.82, 2.24) is 4.31 Å². The summed E-state index contributed by atoms with van der Waals surface area (Å²) in [7, 11) is -3.66. The molecule has 1 fully saturated rings. The van der Waals surface area contributed by atoms with Crippen LogP contribution >= 0.6 is 11.6 Å². The zero-order valence-corrected chi connectivity index (χ0v) is 22.2. The van der Waals surface area contributed by atoms with Crippen molar-refractivity contribution in [3.8, 4) is 5.75 Å². The van der Waals surface area contributed by atoms with Crippen LogP contribution in [0.1, 0.15) is 22.8 Å². The molecular formula is C27H26ClN3O6S. The van der Waals surface area contributed by atoms with Gasteiger partial charge in [0, 0.05) is 29.4 Å². The maximum absolute atomic E-state index is 13.0. The lowest BCUT2D eigenvalue weighted by molar-refractivity contribution is -0.125. The zero-order valence-electron chi connectivity index (χ0n) is 20.6. The molecule has 0 bridgehead atoms. The number of nitrogens with one attached hydrogen (secondary N) is 1. The zero-order chi connectivity index (χ0) is 26.9. The smallest absolute Gasteiger partial charge is 0.268 e. The molecule has 2 amide bonds. The van der Waals surface area contributed by atoms with Gasteiger partial charge in [-0.3, -0.25) is 9.59 Å². The van der Waals surface area contributed by atoms with Crippen LogP contribution < -0.4 is 15.0 Å². The van der Waals surface area contributed by atoms with Crippen LogP contribution in [0.5, 0.6) is 5.75 Å². The summed E-state index contributed by atoms with van der Waals surface area (Å²) >= 11 is 6.13. The van der Waals surface area contributed by atoms with E-state index < -0.39 is 22.0 Å². The maximum atomic E-state index is 13.0. The highest BCUT2D eigenvalue weighted by atomic mass is 35.5. The Bertz CT molecular complexity index is 1470. The van der Waals surface area contributed by atoms with Crippen LogP contribution in [-0.4, -0.2) is 56.9 Å². The third-order valence-corrected chi connectivity index (χ3v) is 8.53. The minimum Gasteiger partial charge on any atom is -0.479 e. The Morgan fingerprint density at radius 1 is 1.05 bits per heavy atom. The molecule has 5 rings (SSSR count). The molecule has 38 heavy (non-hydrogen) atoms. The third kappa shape index (κ3) is 5.39. The van der Waals surface area contributed by atoms with Crippen molar-refractivity contribution in [3.05, 3.63) is 82.9 Å². The summed E-state index contributed by atoms with van der Waals surface area (Å²) in [6, 6.07) is 18.1. The van der Waals surface area contributed by atoms with Gasteiger partial charge in [0.15, 0.2) is 6.10 Å². The molecule has 2 aliphatic heterocycles. The molecule has 1 unspecified atom stereocenters. The van der Waals surface area contributed by atoms with E-state index in [0.29, 0.717) is 54.0 Å². The first-order chi connectivity index (χ1) is 18.2. The molecule has 2 aliphatic rings. The lowest BCUT2D eigenvalue weighted by Gasteiger charge is -2.33. The molecule has 3 aromatic carbocycles. The van der Waals surface area contributed by atoms with Crippen molar-refractivity contribution in [2.75, 3.05) is 36.5 Å². The summed E-state index contributed by atoms with van der Waals surface area (Å²) < 4.78 is 38.1. The molecule has 9 nitrogen and oxygen atoms in total. The van der Waals surface area contributed by atoms with Crippen LogP contribution in [0.4, 0.5) is 11.4 Å². The molecule has 0 aliphatic carbocycles. The Balaban J connectivity index is 1.34. The number of fused-ring (bicyclic) bond motifs is 1. The second-order valence-electron chi connectivity index (χ2n) is 8.99. The Labute approximate surface area is 226 Å². The number of benzene rings is 3. The average molecular weight is 556 g/mol. The number of hydrogen-bond acceptors (Lipinski definition) is 6. The summed E-state index contributed by atoms with van der Waals surface area (Å²) in [6.07, 6.45) is -0.658. The van der Waals surface area contributed by atoms with Crippen molar-refractivity contribution in [2.45, 2.75) is 24.5 Å². The lowest BCUT2D eigenvalue weighted by Crippen LogP contribution is -2.44. The maximum Gasteiger partial charge on any atom is 0.268 e. The van der Waals surface area contributed by atoms with E-state index in [-0.39, 0.29) is 17.3 Å². The molecule has 198 valence electrons. The van der Waals surface area contributed by atoms with Gasteiger partial charge in [-0.1, -0.05) is 23.7 Å². The van der Waals surface area contributed by atoms with Gasteiger partial charge in [0.1, 0.15) is 5.75 Å². The number of rotatable bonds is 6. The molecule has 0 aromatic heterocycles. The van der Waals surface area contributed by atoms with E-state index in [1.807, 2.05) is 12.1 Å². The topological polar surface area (TPSA) is 105 Å². The first kappa shape index (κ1) is 26.2. The largest absolute Gasteiger partial charge is 0.479 e. The minimum atomic E-state index is -3.66. The van der Waals surface area contributed by atoms with Crippen LogP contribution in [0, 0.1) is 0 Å². The van der Waals surface area contributed by atoms with Crippen molar-refractivity contribution in [3.63, 3.8) is 0 Å².